The van der Waals surface area contributed by atoms with Gasteiger partial charge in [0.1, 0.15) is 0 Å². The Kier molecular flexibility index (Phi) is 10.6. The minimum atomic E-state index is 0.161. The molecule has 0 saturated carbocycles. The van der Waals surface area contributed by atoms with E-state index < -0.39 is 0 Å². The Morgan fingerprint density at radius 1 is 1.07 bits per heavy atom. The van der Waals surface area contributed by atoms with Crippen molar-refractivity contribution in [2.75, 3.05) is 0 Å². The van der Waals surface area contributed by atoms with E-state index in [1.807, 2.05) is 25.2 Å². The maximum atomic E-state index is 5.57. The number of nitrogens with two attached hydrogens (primary N) is 1. The lowest BCUT2D eigenvalue weighted by molar-refractivity contribution is 0.652. The highest BCUT2D eigenvalue weighted by atomic mass is 14.6. The molecule has 0 aliphatic carbocycles. The summed E-state index contributed by atoms with van der Waals surface area (Å²) >= 11 is 0. The summed E-state index contributed by atoms with van der Waals surface area (Å²) in [5.74, 6) is 0. The van der Waals surface area contributed by atoms with Gasteiger partial charge in [-0.15, -0.1) is 6.58 Å². The van der Waals surface area contributed by atoms with Crippen LogP contribution in [0.15, 0.2) is 37.0 Å². The average Bonchev–Trinajstić information content (AvgIpc) is 2.20. The Morgan fingerprint density at radius 2 is 1.73 bits per heavy atom. The van der Waals surface area contributed by atoms with Crippen LogP contribution in [0.1, 0.15) is 45.4 Å². The lowest BCUT2D eigenvalue weighted by Gasteiger charge is -1.96. The van der Waals surface area contributed by atoms with Gasteiger partial charge in [0.25, 0.3) is 0 Å². The molecule has 0 rings (SSSR count). The van der Waals surface area contributed by atoms with Gasteiger partial charge in [-0.2, -0.15) is 0 Å². The Balaban J connectivity index is 3.19. The maximum Gasteiger partial charge on any atom is 0.0197 e. The molecule has 0 spiro atoms. The van der Waals surface area contributed by atoms with Crippen LogP contribution < -0.4 is 5.73 Å². The van der Waals surface area contributed by atoms with Gasteiger partial charge in [0.2, 0.25) is 0 Å². The van der Waals surface area contributed by atoms with Crippen LogP contribution in [0, 0.1) is 0 Å². The van der Waals surface area contributed by atoms with E-state index in [9.17, 15) is 0 Å². The van der Waals surface area contributed by atoms with Crippen molar-refractivity contribution in [2.24, 2.45) is 5.73 Å². The third kappa shape index (κ3) is 13.2. The van der Waals surface area contributed by atoms with E-state index in [0.717, 1.165) is 6.42 Å². The Hall–Kier alpha value is -0.820. The minimum absolute atomic E-state index is 0.161. The number of hydrogen-bond donors (Lipinski definition) is 1. The van der Waals surface area contributed by atoms with Crippen molar-refractivity contribution in [3.05, 3.63) is 37.0 Å². The average molecular weight is 207 g/mol. The summed E-state index contributed by atoms with van der Waals surface area (Å²) in [6.45, 7) is 5.69. The van der Waals surface area contributed by atoms with Crippen molar-refractivity contribution >= 4 is 0 Å². The van der Waals surface area contributed by atoms with Gasteiger partial charge in [-0.3, -0.25) is 0 Å². The zero-order valence-electron chi connectivity index (χ0n) is 9.99. The topological polar surface area (TPSA) is 26.0 Å². The molecule has 0 amide bonds. The van der Waals surface area contributed by atoms with E-state index >= 15 is 0 Å². The van der Waals surface area contributed by atoms with Crippen LogP contribution in [0.25, 0.3) is 0 Å². The summed E-state index contributed by atoms with van der Waals surface area (Å²) in [4.78, 5) is 0. The normalized spacial score (nSPS) is 13.7. The first-order valence-electron chi connectivity index (χ1n) is 5.97. The molecule has 0 aliphatic heterocycles. The van der Waals surface area contributed by atoms with Crippen molar-refractivity contribution in [3.63, 3.8) is 0 Å². The van der Waals surface area contributed by atoms with Crippen molar-refractivity contribution in [1.29, 1.82) is 0 Å². The molecule has 0 aromatic rings. The van der Waals surface area contributed by atoms with Crippen LogP contribution in [0.5, 0.6) is 0 Å². The summed E-state index contributed by atoms with van der Waals surface area (Å²) in [5, 5.41) is 0. The monoisotopic (exact) mass is 207 g/mol. The number of rotatable bonds is 9. The van der Waals surface area contributed by atoms with Gasteiger partial charge >= 0.3 is 0 Å². The van der Waals surface area contributed by atoms with Crippen LogP contribution in [-0.4, -0.2) is 6.04 Å². The molecule has 0 radical (unpaired) electrons. The predicted molar refractivity (Wildman–Crippen MR) is 69.8 cm³/mol. The van der Waals surface area contributed by atoms with E-state index in [1.54, 1.807) is 0 Å². The Bertz CT molecular complexity index is 190. The highest BCUT2D eigenvalue weighted by Crippen LogP contribution is 2.05. The van der Waals surface area contributed by atoms with Crippen LogP contribution >= 0.6 is 0 Å². The molecule has 0 heterocycles. The second-order valence-corrected chi connectivity index (χ2v) is 3.95. The van der Waals surface area contributed by atoms with Crippen molar-refractivity contribution in [3.8, 4) is 0 Å². The second kappa shape index (κ2) is 11.3. The fourth-order valence-corrected chi connectivity index (χ4v) is 1.32. The van der Waals surface area contributed by atoms with Gasteiger partial charge in [0.15, 0.2) is 0 Å². The molecule has 1 atom stereocenters. The molecule has 0 aromatic carbocycles. The quantitative estimate of drug-likeness (QED) is 0.345. The second-order valence-electron chi connectivity index (χ2n) is 3.95. The zero-order valence-corrected chi connectivity index (χ0v) is 9.99. The molecule has 86 valence electrons. The number of unbranched alkanes of at least 4 members (excludes halogenated alkanes) is 5. The third-order valence-corrected chi connectivity index (χ3v) is 2.19. The third-order valence-electron chi connectivity index (χ3n) is 2.19. The smallest absolute Gasteiger partial charge is 0.0197 e. The largest absolute Gasteiger partial charge is 0.325 e. The molecule has 0 bridgehead atoms. The zero-order chi connectivity index (χ0) is 11.4. The van der Waals surface area contributed by atoms with Crippen LogP contribution in [0.3, 0.4) is 0 Å². The summed E-state index contributed by atoms with van der Waals surface area (Å²) < 4.78 is 0. The van der Waals surface area contributed by atoms with Gasteiger partial charge in [-0.05, 0) is 32.6 Å². The van der Waals surface area contributed by atoms with E-state index in [-0.39, 0.29) is 6.04 Å². The minimum Gasteiger partial charge on any atom is -0.325 e. The Morgan fingerprint density at radius 3 is 2.33 bits per heavy atom. The van der Waals surface area contributed by atoms with Crippen molar-refractivity contribution in [2.45, 2.75) is 51.5 Å². The van der Waals surface area contributed by atoms with Gasteiger partial charge in [0.05, 0.1) is 0 Å². The first-order chi connectivity index (χ1) is 7.27. The first-order valence-corrected chi connectivity index (χ1v) is 5.97. The van der Waals surface area contributed by atoms with Crippen LogP contribution in [0.4, 0.5) is 0 Å². The van der Waals surface area contributed by atoms with Crippen LogP contribution in [-0.2, 0) is 0 Å². The molecule has 1 heteroatoms. The molecular formula is C14H25N. The van der Waals surface area contributed by atoms with E-state index in [1.165, 1.54) is 32.1 Å². The van der Waals surface area contributed by atoms with E-state index in [0.29, 0.717) is 0 Å². The van der Waals surface area contributed by atoms with Gasteiger partial charge in [0, 0.05) is 6.04 Å². The Labute approximate surface area is 94.8 Å². The van der Waals surface area contributed by atoms with Gasteiger partial charge < -0.3 is 5.73 Å². The molecule has 0 unspecified atom stereocenters. The van der Waals surface area contributed by atoms with E-state index in [4.69, 9.17) is 5.73 Å². The van der Waals surface area contributed by atoms with Gasteiger partial charge in [-0.1, -0.05) is 43.2 Å². The molecule has 0 saturated heterocycles. The fraction of sp³-hybridized carbons (Fsp3) is 0.571. The number of hydrogen-bond acceptors (Lipinski definition) is 1. The van der Waals surface area contributed by atoms with E-state index in [2.05, 4.69) is 18.7 Å². The summed E-state index contributed by atoms with van der Waals surface area (Å²) in [6, 6.07) is 0.161. The highest BCUT2D eigenvalue weighted by Gasteiger charge is 1.86. The SMILES string of the molecule is C=CCCCCCC/C=C/C=C/[C@H](C)N. The molecule has 0 aliphatic rings. The highest BCUT2D eigenvalue weighted by molar-refractivity contribution is 5.04. The van der Waals surface area contributed by atoms with Crippen molar-refractivity contribution in [1.82, 2.24) is 0 Å². The number of allylic oxidation sites excluding steroid dienone is 4. The van der Waals surface area contributed by atoms with Crippen LogP contribution in [0.2, 0.25) is 0 Å². The fourth-order valence-electron chi connectivity index (χ4n) is 1.32. The summed E-state index contributed by atoms with van der Waals surface area (Å²) in [7, 11) is 0. The predicted octanol–water partition coefficient (Wildman–Crippen LogP) is 3.97. The summed E-state index contributed by atoms with van der Waals surface area (Å²) in [6.07, 6.45) is 17.9. The first kappa shape index (κ1) is 14.2. The lowest BCUT2D eigenvalue weighted by atomic mass is 10.1. The molecule has 2 N–H and O–H groups in total. The summed E-state index contributed by atoms with van der Waals surface area (Å²) in [5.41, 5.74) is 5.57. The van der Waals surface area contributed by atoms with Gasteiger partial charge in [-0.25, -0.2) is 0 Å². The molecule has 15 heavy (non-hydrogen) atoms. The standard InChI is InChI=1S/C14H25N/c1-3-4-5-6-7-8-9-10-11-12-13-14(2)15/h3,10-14H,1,4-9,15H2,2H3/b11-10+,13-12+/t14-/m0/s1. The molecule has 0 aromatic heterocycles. The lowest BCUT2D eigenvalue weighted by Crippen LogP contribution is -2.09. The maximum absolute atomic E-state index is 5.57. The molecule has 0 fully saturated rings. The molecule has 1 nitrogen and oxygen atoms in total. The molecular weight excluding hydrogens is 182 g/mol. The van der Waals surface area contributed by atoms with Crippen molar-refractivity contribution < 1.29 is 0 Å².